The van der Waals surface area contributed by atoms with Crippen LogP contribution in [0.3, 0.4) is 0 Å². The number of thioether (sulfide) groups is 1. The van der Waals surface area contributed by atoms with Gasteiger partial charge in [-0.3, -0.25) is 9.36 Å². The van der Waals surface area contributed by atoms with E-state index >= 15 is 0 Å². The van der Waals surface area contributed by atoms with Crippen LogP contribution in [0.2, 0.25) is 0 Å². The van der Waals surface area contributed by atoms with Gasteiger partial charge in [0, 0.05) is 16.9 Å². The summed E-state index contributed by atoms with van der Waals surface area (Å²) in [7, 11) is 0. The van der Waals surface area contributed by atoms with Crippen molar-refractivity contribution in [2.45, 2.75) is 35.3 Å². The molecule has 10 nitrogen and oxygen atoms in total. The molecule has 0 unspecified atom stereocenters. The monoisotopic (exact) mass is 792 g/mol. The molecule has 9 rings (SSSR count). The van der Waals surface area contributed by atoms with Gasteiger partial charge in [-0.25, -0.2) is 19.4 Å². The first kappa shape index (κ1) is 36.3. The van der Waals surface area contributed by atoms with Gasteiger partial charge in [-0.15, -0.1) is 11.3 Å². The number of carbonyl (C=O) groups excluding carboxylic acids is 3. The Kier molecular flexibility index (Phi) is 9.97. The number of hydrogen-bond donors (Lipinski definition) is 0. The summed E-state index contributed by atoms with van der Waals surface area (Å²) >= 11 is 2.53. The van der Waals surface area contributed by atoms with E-state index in [0.29, 0.717) is 27.9 Å². The van der Waals surface area contributed by atoms with Crippen molar-refractivity contribution in [3.8, 4) is 16.8 Å². The third kappa shape index (κ3) is 7.14. The number of esters is 3. The number of carbonyl (C=O) groups is 3. The van der Waals surface area contributed by atoms with E-state index in [-0.39, 0.29) is 28.4 Å². The van der Waals surface area contributed by atoms with Crippen LogP contribution >= 0.6 is 23.1 Å². The van der Waals surface area contributed by atoms with Crippen LogP contribution in [0, 0.1) is 0 Å². The molecule has 1 saturated heterocycles. The Morgan fingerprint density at radius 3 is 1.88 bits per heavy atom. The fourth-order valence-electron chi connectivity index (χ4n) is 7.10. The Morgan fingerprint density at radius 1 is 0.702 bits per heavy atom. The first-order valence-corrected chi connectivity index (χ1v) is 19.9. The highest BCUT2D eigenvalue weighted by molar-refractivity contribution is 7.99. The lowest BCUT2D eigenvalue weighted by Crippen LogP contribution is -2.41. The molecule has 0 radical (unpaired) electrons. The van der Waals surface area contributed by atoms with Crippen molar-refractivity contribution in [1.82, 2.24) is 9.55 Å². The maximum atomic E-state index is 14.8. The molecule has 1 fully saturated rings. The Labute approximate surface area is 334 Å². The molecule has 5 aromatic carbocycles. The molecule has 1 aliphatic carbocycles. The van der Waals surface area contributed by atoms with E-state index in [1.54, 1.807) is 91.0 Å². The summed E-state index contributed by atoms with van der Waals surface area (Å²) in [6, 6.07) is 42.5. The molecule has 7 aromatic rings. The first-order valence-electron chi connectivity index (χ1n) is 18.2. The van der Waals surface area contributed by atoms with Crippen LogP contribution in [-0.4, -0.2) is 57.8 Å². The molecule has 0 saturated carbocycles. The fourth-order valence-corrected chi connectivity index (χ4v) is 9.55. The zero-order chi connectivity index (χ0) is 38.9. The van der Waals surface area contributed by atoms with Crippen molar-refractivity contribution in [2.75, 3.05) is 6.61 Å². The van der Waals surface area contributed by atoms with Gasteiger partial charge in [0.25, 0.3) is 5.56 Å². The number of para-hydroxylation sites is 1. The largest absolute Gasteiger partial charge is 0.459 e. The number of thiophene rings is 1. The van der Waals surface area contributed by atoms with Crippen molar-refractivity contribution in [2.24, 2.45) is 0 Å². The second kappa shape index (κ2) is 15.7. The quantitative estimate of drug-likeness (QED) is 0.0762. The number of nitrogens with zero attached hydrogens (tertiary/aromatic N) is 2. The van der Waals surface area contributed by atoms with Crippen LogP contribution in [0.1, 0.15) is 41.5 Å². The highest BCUT2D eigenvalue weighted by atomic mass is 32.2. The summed E-state index contributed by atoms with van der Waals surface area (Å²) in [4.78, 5) is 62.1. The molecule has 57 heavy (non-hydrogen) atoms. The fraction of sp³-hybridized carbons (Fsp3) is 0.133. The number of hydrogen-bond acceptors (Lipinski definition) is 11. The Morgan fingerprint density at radius 2 is 1.25 bits per heavy atom. The molecule has 282 valence electrons. The summed E-state index contributed by atoms with van der Waals surface area (Å²) in [6.45, 7) is -0.341. The van der Waals surface area contributed by atoms with Crippen LogP contribution < -0.4 is 5.56 Å². The Hall–Kier alpha value is -6.34. The van der Waals surface area contributed by atoms with Crippen LogP contribution in [0.5, 0.6) is 0 Å². The summed E-state index contributed by atoms with van der Waals surface area (Å²) in [5.74, 6) is -1.99. The SMILES string of the molecule is O=C(OC[C@H]1O[C@@H](Sc2nc3sc4c(c3c(=O)n2-c2ccccc2)-c2ccccc2C4)[C@H](OC(=O)c2ccccc2)[C@@H]1OC(=O)c1ccccc1)c1ccccc1. The molecule has 3 heterocycles. The first-order chi connectivity index (χ1) is 27.9. The van der Waals surface area contributed by atoms with Gasteiger partial charge in [0.1, 0.15) is 17.5 Å². The topological polar surface area (TPSA) is 123 Å². The highest BCUT2D eigenvalue weighted by Gasteiger charge is 2.51. The molecular weight excluding hydrogens is 761 g/mol. The zero-order valence-corrected chi connectivity index (χ0v) is 31.7. The second-order valence-corrected chi connectivity index (χ2v) is 15.5. The maximum absolute atomic E-state index is 14.8. The molecule has 2 aliphatic rings. The van der Waals surface area contributed by atoms with E-state index in [1.807, 2.05) is 48.5 Å². The van der Waals surface area contributed by atoms with Gasteiger partial charge < -0.3 is 18.9 Å². The molecule has 1 aliphatic heterocycles. The lowest BCUT2D eigenvalue weighted by atomic mass is 10.1. The van der Waals surface area contributed by atoms with Crippen LogP contribution in [0.4, 0.5) is 0 Å². The standard InChI is InChI=1S/C45H32N2O8S2/c48-40-36-35-32-24-14-13-21-30(32)25-34(35)56-39(36)46-45(47(40)31-22-11-4-12-23-31)57-44-38(55-43(51)29-19-9-3-10-20-29)37(54-42(50)28-17-7-2-8-18-28)33(53-44)26-52-41(49)27-15-5-1-6-16-27/h1-24,33,37-38,44H,25-26H2/t33-,37-,38-,44+/m1/s1. The van der Waals surface area contributed by atoms with E-state index in [1.165, 1.54) is 15.9 Å². The van der Waals surface area contributed by atoms with Gasteiger partial charge in [-0.2, -0.15) is 0 Å². The number of fused-ring (bicyclic) bond motifs is 5. The van der Waals surface area contributed by atoms with Crippen molar-refractivity contribution in [1.29, 1.82) is 0 Å². The van der Waals surface area contributed by atoms with Crippen LogP contribution in [0.15, 0.2) is 156 Å². The van der Waals surface area contributed by atoms with Crippen molar-refractivity contribution in [3.63, 3.8) is 0 Å². The third-order valence-electron chi connectivity index (χ3n) is 9.80. The molecule has 4 atom stereocenters. The van der Waals surface area contributed by atoms with E-state index < -0.39 is 41.7 Å². The minimum atomic E-state index is -1.24. The average molecular weight is 793 g/mol. The number of rotatable bonds is 10. The van der Waals surface area contributed by atoms with E-state index in [0.717, 1.165) is 33.3 Å². The predicted molar refractivity (Wildman–Crippen MR) is 216 cm³/mol. The van der Waals surface area contributed by atoms with Gasteiger partial charge in [-0.05, 0) is 59.7 Å². The number of aromatic nitrogens is 2. The van der Waals surface area contributed by atoms with Crippen molar-refractivity contribution in [3.05, 3.63) is 183 Å². The lowest BCUT2D eigenvalue weighted by molar-refractivity contribution is -0.0435. The maximum Gasteiger partial charge on any atom is 0.338 e. The van der Waals surface area contributed by atoms with E-state index in [9.17, 15) is 19.2 Å². The Balaban J connectivity index is 1.13. The minimum absolute atomic E-state index is 0.263. The van der Waals surface area contributed by atoms with E-state index in [4.69, 9.17) is 23.9 Å². The summed E-state index contributed by atoms with van der Waals surface area (Å²) in [5, 5.41) is 0.792. The second-order valence-electron chi connectivity index (χ2n) is 13.4. The van der Waals surface area contributed by atoms with Crippen molar-refractivity contribution >= 4 is 51.2 Å². The molecule has 12 heteroatoms. The minimum Gasteiger partial charge on any atom is -0.459 e. The lowest BCUT2D eigenvalue weighted by Gasteiger charge is -2.24. The number of ether oxygens (including phenoxy) is 4. The smallest absolute Gasteiger partial charge is 0.338 e. The summed E-state index contributed by atoms with van der Waals surface area (Å²) < 4.78 is 26.1. The predicted octanol–water partition coefficient (Wildman–Crippen LogP) is 8.14. The van der Waals surface area contributed by atoms with E-state index in [2.05, 4.69) is 6.07 Å². The third-order valence-corrected chi connectivity index (χ3v) is 12.0. The Bertz CT molecular complexity index is 2670. The van der Waals surface area contributed by atoms with Gasteiger partial charge in [0.05, 0.1) is 27.8 Å². The molecule has 2 aromatic heterocycles. The molecule has 0 bridgehead atoms. The molecular formula is C45H32N2O8S2. The molecule has 0 N–H and O–H groups in total. The normalized spacial score (nSPS) is 18.1. The van der Waals surface area contributed by atoms with Gasteiger partial charge in [0.2, 0.25) is 0 Å². The van der Waals surface area contributed by atoms with Gasteiger partial charge in [0.15, 0.2) is 22.8 Å². The summed E-state index contributed by atoms with van der Waals surface area (Å²) in [5.41, 5.74) is 3.13. The van der Waals surface area contributed by atoms with Crippen LogP contribution in [0.25, 0.3) is 27.0 Å². The average Bonchev–Trinajstić information content (AvgIpc) is 3.90. The van der Waals surface area contributed by atoms with Gasteiger partial charge in [-0.1, -0.05) is 109 Å². The molecule has 0 amide bonds. The van der Waals surface area contributed by atoms with Crippen LogP contribution in [-0.2, 0) is 25.4 Å². The highest BCUT2D eigenvalue weighted by Crippen LogP contribution is 2.46. The number of benzene rings is 5. The summed E-state index contributed by atoms with van der Waals surface area (Å²) in [6.07, 6.45) is -2.87. The molecule has 0 spiro atoms. The van der Waals surface area contributed by atoms with Gasteiger partial charge >= 0.3 is 17.9 Å². The van der Waals surface area contributed by atoms with Crippen molar-refractivity contribution < 1.29 is 33.3 Å². The zero-order valence-electron chi connectivity index (χ0n) is 30.1.